The third-order valence-corrected chi connectivity index (χ3v) is 2.50. The number of amides is 1. The molecule has 1 aromatic heterocycles. The number of carbonyl (C=O) groups excluding carboxylic acids is 1. The van der Waals surface area contributed by atoms with Crippen LogP contribution in [0.15, 0.2) is 6.20 Å². The highest BCUT2D eigenvalue weighted by Gasteiger charge is 2.16. The van der Waals surface area contributed by atoms with Crippen LogP contribution in [0.1, 0.15) is 25.8 Å². The molecule has 0 spiro atoms. The number of nitrogens with zero attached hydrogens (tertiary/aromatic N) is 1. The average Bonchev–Trinajstić information content (AvgIpc) is 2.67. The molecular weight excluding hydrogens is 192 g/mol. The first-order valence-electron chi connectivity index (χ1n) is 5.26. The molecule has 0 aliphatic heterocycles. The van der Waals surface area contributed by atoms with Crippen molar-refractivity contribution in [2.75, 3.05) is 11.9 Å². The first-order chi connectivity index (χ1) is 7.22. The van der Waals surface area contributed by atoms with Crippen LogP contribution in [-0.2, 0) is 11.2 Å². The van der Waals surface area contributed by atoms with E-state index in [-0.39, 0.29) is 11.8 Å². The Bertz CT molecular complexity index is 317. The lowest BCUT2D eigenvalue weighted by molar-refractivity contribution is -0.119. The van der Waals surface area contributed by atoms with E-state index in [9.17, 15) is 4.79 Å². The molecule has 15 heavy (non-hydrogen) atoms. The minimum absolute atomic E-state index is 0.0426. The van der Waals surface area contributed by atoms with Crippen molar-refractivity contribution in [3.05, 3.63) is 11.8 Å². The molecule has 1 rings (SSSR count). The number of hydrogen-bond donors (Lipinski definition) is 3. The van der Waals surface area contributed by atoms with Crippen molar-refractivity contribution in [1.29, 1.82) is 0 Å². The van der Waals surface area contributed by atoms with Crippen LogP contribution in [0.2, 0.25) is 0 Å². The van der Waals surface area contributed by atoms with E-state index in [2.05, 4.69) is 15.5 Å². The summed E-state index contributed by atoms with van der Waals surface area (Å²) in [5, 5.41) is 9.46. The summed E-state index contributed by atoms with van der Waals surface area (Å²) in [4.78, 5) is 11.7. The number of H-pyrrole nitrogens is 1. The summed E-state index contributed by atoms with van der Waals surface area (Å²) in [6, 6.07) is 0. The number of hydrogen-bond acceptors (Lipinski definition) is 3. The Morgan fingerprint density at radius 2 is 2.40 bits per heavy atom. The van der Waals surface area contributed by atoms with Crippen LogP contribution in [0, 0.1) is 5.92 Å². The summed E-state index contributed by atoms with van der Waals surface area (Å²) in [6.45, 7) is 4.34. The quantitative estimate of drug-likeness (QED) is 0.675. The van der Waals surface area contributed by atoms with Crippen LogP contribution < -0.4 is 11.1 Å². The Kier molecular flexibility index (Phi) is 4.30. The van der Waals surface area contributed by atoms with E-state index in [1.165, 1.54) is 0 Å². The van der Waals surface area contributed by atoms with Gasteiger partial charge in [0, 0.05) is 12.1 Å². The third kappa shape index (κ3) is 2.79. The first kappa shape index (κ1) is 11.7. The van der Waals surface area contributed by atoms with Gasteiger partial charge in [0.15, 0.2) is 0 Å². The van der Waals surface area contributed by atoms with Gasteiger partial charge in [-0.1, -0.05) is 13.8 Å². The standard InChI is InChI=1S/C10H18N4O/c1-3-7(5-11)10(15)13-9-8(4-2)6-12-14-9/h6-7H,3-5,11H2,1-2H3,(H2,12,13,14,15). The summed E-state index contributed by atoms with van der Waals surface area (Å²) in [5.74, 6) is 0.520. The van der Waals surface area contributed by atoms with Gasteiger partial charge in [-0.3, -0.25) is 9.89 Å². The molecular formula is C10H18N4O. The van der Waals surface area contributed by atoms with E-state index in [1.54, 1.807) is 6.20 Å². The number of anilines is 1. The van der Waals surface area contributed by atoms with E-state index < -0.39 is 0 Å². The summed E-state index contributed by atoms with van der Waals surface area (Å²) < 4.78 is 0. The maximum atomic E-state index is 11.7. The molecule has 0 saturated heterocycles. The second-order valence-electron chi connectivity index (χ2n) is 3.45. The molecule has 1 atom stereocenters. The minimum atomic E-state index is -0.127. The zero-order valence-corrected chi connectivity index (χ0v) is 9.21. The lowest BCUT2D eigenvalue weighted by Gasteiger charge is -2.12. The van der Waals surface area contributed by atoms with Gasteiger partial charge in [-0.05, 0) is 12.8 Å². The smallest absolute Gasteiger partial charge is 0.229 e. The van der Waals surface area contributed by atoms with Crippen molar-refractivity contribution in [1.82, 2.24) is 10.2 Å². The van der Waals surface area contributed by atoms with Crippen molar-refractivity contribution < 1.29 is 4.79 Å². The minimum Gasteiger partial charge on any atom is -0.330 e. The molecule has 0 fully saturated rings. The Labute approximate surface area is 89.4 Å². The number of rotatable bonds is 5. The SMILES string of the molecule is CCc1cn[nH]c1NC(=O)C(CC)CN. The lowest BCUT2D eigenvalue weighted by Crippen LogP contribution is -2.29. The van der Waals surface area contributed by atoms with E-state index in [0.717, 1.165) is 18.4 Å². The normalized spacial score (nSPS) is 12.5. The number of aromatic amines is 1. The number of nitrogens with one attached hydrogen (secondary N) is 2. The van der Waals surface area contributed by atoms with Crippen LogP contribution >= 0.6 is 0 Å². The maximum Gasteiger partial charge on any atom is 0.229 e. The second kappa shape index (κ2) is 5.50. The van der Waals surface area contributed by atoms with Crippen molar-refractivity contribution in [3.63, 3.8) is 0 Å². The number of carbonyl (C=O) groups is 1. The van der Waals surface area contributed by atoms with Gasteiger partial charge in [-0.25, -0.2) is 0 Å². The monoisotopic (exact) mass is 210 g/mol. The third-order valence-electron chi connectivity index (χ3n) is 2.50. The average molecular weight is 210 g/mol. The van der Waals surface area contributed by atoms with Gasteiger partial charge in [0.25, 0.3) is 0 Å². The van der Waals surface area contributed by atoms with Crippen LogP contribution in [0.4, 0.5) is 5.82 Å². The summed E-state index contributed by atoms with van der Waals surface area (Å²) >= 11 is 0. The molecule has 0 bridgehead atoms. The Morgan fingerprint density at radius 3 is 2.93 bits per heavy atom. The van der Waals surface area contributed by atoms with Gasteiger partial charge in [0.2, 0.25) is 5.91 Å². The van der Waals surface area contributed by atoms with Crippen molar-refractivity contribution >= 4 is 11.7 Å². The zero-order valence-electron chi connectivity index (χ0n) is 9.21. The van der Waals surface area contributed by atoms with Crippen LogP contribution in [-0.4, -0.2) is 22.6 Å². The lowest BCUT2D eigenvalue weighted by atomic mass is 10.1. The zero-order chi connectivity index (χ0) is 11.3. The van der Waals surface area contributed by atoms with E-state index >= 15 is 0 Å². The summed E-state index contributed by atoms with van der Waals surface area (Å²) in [6.07, 6.45) is 3.31. The highest BCUT2D eigenvalue weighted by atomic mass is 16.2. The highest BCUT2D eigenvalue weighted by molar-refractivity contribution is 5.92. The van der Waals surface area contributed by atoms with Gasteiger partial charge in [0.05, 0.1) is 12.1 Å². The molecule has 4 N–H and O–H groups in total. The van der Waals surface area contributed by atoms with E-state index in [1.807, 2.05) is 13.8 Å². The molecule has 0 radical (unpaired) electrons. The predicted molar refractivity (Wildman–Crippen MR) is 59.4 cm³/mol. The topological polar surface area (TPSA) is 83.8 Å². The molecule has 0 aromatic carbocycles. The molecule has 0 aliphatic carbocycles. The molecule has 1 aromatic rings. The molecule has 84 valence electrons. The molecule has 1 heterocycles. The first-order valence-corrected chi connectivity index (χ1v) is 5.26. The Morgan fingerprint density at radius 1 is 1.67 bits per heavy atom. The number of nitrogens with two attached hydrogens (primary N) is 1. The van der Waals surface area contributed by atoms with E-state index in [0.29, 0.717) is 12.4 Å². The Balaban J connectivity index is 2.65. The molecule has 5 heteroatoms. The van der Waals surface area contributed by atoms with Gasteiger partial charge >= 0.3 is 0 Å². The van der Waals surface area contributed by atoms with Crippen LogP contribution in [0.25, 0.3) is 0 Å². The fourth-order valence-electron chi connectivity index (χ4n) is 1.37. The van der Waals surface area contributed by atoms with Crippen molar-refractivity contribution in [2.45, 2.75) is 26.7 Å². The molecule has 1 unspecified atom stereocenters. The summed E-state index contributed by atoms with van der Waals surface area (Å²) in [5.41, 5.74) is 6.51. The largest absolute Gasteiger partial charge is 0.330 e. The molecule has 0 saturated carbocycles. The maximum absolute atomic E-state index is 11.7. The Hall–Kier alpha value is -1.36. The highest BCUT2D eigenvalue weighted by Crippen LogP contribution is 2.13. The summed E-state index contributed by atoms with van der Waals surface area (Å²) in [7, 11) is 0. The predicted octanol–water partition coefficient (Wildman–Crippen LogP) is 0.895. The number of aryl methyl sites for hydroxylation is 1. The van der Waals surface area contributed by atoms with Crippen LogP contribution in [0.3, 0.4) is 0 Å². The van der Waals surface area contributed by atoms with Crippen molar-refractivity contribution in [2.24, 2.45) is 11.7 Å². The van der Waals surface area contributed by atoms with Gasteiger partial charge in [-0.2, -0.15) is 5.10 Å². The second-order valence-corrected chi connectivity index (χ2v) is 3.45. The molecule has 0 aliphatic rings. The molecule has 1 amide bonds. The van der Waals surface area contributed by atoms with Gasteiger partial charge < -0.3 is 11.1 Å². The fourth-order valence-corrected chi connectivity index (χ4v) is 1.37. The van der Waals surface area contributed by atoms with Gasteiger partial charge in [0.1, 0.15) is 5.82 Å². The van der Waals surface area contributed by atoms with E-state index in [4.69, 9.17) is 5.73 Å². The van der Waals surface area contributed by atoms with Crippen molar-refractivity contribution in [3.8, 4) is 0 Å². The fraction of sp³-hybridized carbons (Fsp3) is 0.600. The van der Waals surface area contributed by atoms with Crippen LogP contribution in [0.5, 0.6) is 0 Å². The molecule has 5 nitrogen and oxygen atoms in total. The van der Waals surface area contributed by atoms with Gasteiger partial charge in [-0.15, -0.1) is 0 Å². The number of aromatic nitrogens is 2.